The van der Waals surface area contributed by atoms with Crippen LogP contribution in [0.1, 0.15) is 16.1 Å². The number of alkyl halides is 4. The first-order chi connectivity index (χ1) is 8.30. The molecule has 5 nitrogen and oxygen atoms in total. The number of nitrogens with zero attached hydrogens (tertiary/aromatic N) is 1. The predicted octanol–water partition coefficient (Wildman–Crippen LogP) is 2.58. The number of rotatable bonds is 4. The van der Waals surface area contributed by atoms with Gasteiger partial charge in [-0.25, -0.2) is 4.79 Å². The average Bonchev–Trinajstić information content (AvgIpc) is 2.26. The molecule has 9 heteroatoms. The van der Waals surface area contributed by atoms with Crippen molar-refractivity contribution in [3.05, 3.63) is 17.5 Å². The van der Waals surface area contributed by atoms with Crippen LogP contribution in [0.2, 0.25) is 0 Å². The van der Waals surface area contributed by atoms with Gasteiger partial charge in [0.25, 0.3) is 0 Å². The Morgan fingerprint density at radius 3 is 2.50 bits per heavy atom. The predicted molar refractivity (Wildman–Crippen MR) is 57.1 cm³/mol. The zero-order valence-electron chi connectivity index (χ0n) is 8.92. The molecule has 0 aliphatic carbocycles. The highest BCUT2D eigenvalue weighted by Gasteiger charge is 2.35. The molecule has 1 aromatic heterocycles. The molecular formula is C9H7BrF3NO4. The SMILES string of the molecule is COc1c(C(=O)O)cnc(CBr)c1OC(F)(F)F. The summed E-state index contributed by atoms with van der Waals surface area (Å²) in [5, 5.41) is 8.77. The van der Waals surface area contributed by atoms with Crippen molar-refractivity contribution < 1.29 is 32.5 Å². The Kier molecular flexibility index (Phi) is 4.38. The Morgan fingerprint density at radius 1 is 1.50 bits per heavy atom. The van der Waals surface area contributed by atoms with Crippen molar-refractivity contribution in [3.8, 4) is 11.5 Å². The van der Waals surface area contributed by atoms with Gasteiger partial charge in [0.1, 0.15) is 5.56 Å². The normalized spacial score (nSPS) is 11.2. The minimum Gasteiger partial charge on any atom is -0.492 e. The van der Waals surface area contributed by atoms with Gasteiger partial charge in [-0.1, -0.05) is 15.9 Å². The summed E-state index contributed by atoms with van der Waals surface area (Å²) >= 11 is 2.93. The van der Waals surface area contributed by atoms with Crippen molar-refractivity contribution in [1.82, 2.24) is 4.98 Å². The summed E-state index contributed by atoms with van der Waals surface area (Å²) in [7, 11) is 1.04. The molecule has 0 bridgehead atoms. The molecule has 0 aromatic carbocycles. The number of aromatic carboxylic acids is 1. The number of hydrogen-bond acceptors (Lipinski definition) is 4. The average molecular weight is 330 g/mol. The molecular weight excluding hydrogens is 323 g/mol. The summed E-state index contributed by atoms with van der Waals surface area (Å²) < 4.78 is 45.1. The first-order valence-corrected chi connectivity index (χ1v) is 5.53. The Balaban J connectivity index is 3.41. The number of aromatic nitrogens is 1. The van der Waals surface area contributed by atoms with Crippen LogP contribution >= 0.6 is 15.9 Å². The molecule has 1 aromatic rings. The van der Waals surface area contributed by atoms with Gasteiger partial charge in [0.05, 0.1) is 12.8 Å². The molecule has 100 valence electrons. The van der Waals surface area contributed by atoms with Gasteiger partial charge in [-0.2, -0.15) is 0 Å². The minimum atomic E-state index is -4.97. The molecule has 0 amide bonds. The topological polar surface area (TPSA) is 68.7 Å². The molecule has 0 saturated carbocycles. The molecule has 0 fully saturated rings. The highest BCUT2D eigenvalue weighted by Crippen LogP contribution is 2.38. The van der Waals surface area contributed by atoms with E-state index in [9.17, 15) is 18.0 Å². The summed E-state index contributed by atoms with van der Waals surface area (Å²) in [4.78, 5) is 14.4. The lowest BCUT2D eigenvalue weighted by Gasteiger charge is -2.16. The monoisotopic (exact) mass is 329 g/mol. The van der Waals surface area contributed by atoms with Crippen LogP contribution in [0.15, 0.2) is 6.20 Å². The zero-order valence-corrected chi connectivity index (χ0v) is 10.5. The Bertz CT molecular complexity index is 464. The quantitative estimate of drug-likeness (QED) is 0.860. The molecule has 1 N–H and O–H groups in total. The van der Waals surface area contributed by atoms with E-state index >= 15 is 0 Å². The summed E-state index contributed by atoms with van der Waals surface area (Å²) in [5.41, 5.74) is -0.629. The Morgan fingerprint density at radius 2 is 2.11 bits per heavy atom. The van der Waals surface area contributed by atoms with Crippen LogP contribution in [-0.4, -0.2) is 29.5 Å². The maximum absolute atomic E-state index is 12.2. The number of carbonyl (C=O) groups is 1. The second-order valence-electron chi connectivity index (χ2n) is 2.97. The Labute approximate surface area is 108 Å². The largest absolute Gasteiger partial charge is 0.573 e. The van der Waals surface area contributed by atoms with Crippen molar-refractivity contribution in [1.29, 1.82) is 0 Å². The minimum absolute atomic E-state index is 0.0470. The van der Waals surface area contributed by atoms with Crippen molar-refractivity contribution in [3.63, 3.8) is 0 Å². The first kappa shape index (κ1) is 14.6. The molecule has 18 heavy (non-hydrogen) atoms. The smallest absolute Gasteiger partial charge is 0.492 e. The summed E-state index contributed by atoms with van der Waals surface area (Å²) in [6, 6.07) is 0. The summed E-state index contributed by atoms with van der Waals surface area (Å²) in [6.07, 6.45) is -4.07. The fourth-order valence-corrected chi connectivity index (χ4v) is 1.58. The van der Waals surface area contributed by atoms with Gasteiger partial charge in [0.2, 0.25) is 0 Å². The maximum Gasteiger partial charge on any atom is 0.573 e. The second kappa shape index (κ2) is 5.42. The third-order valence-corrected chi connectivity index (χ3v) is 2.37. The summed E-state index contributed by atoms with van der Waals surface area (Å²) in [5.74, 6) is -2.75. The first-order valence-electron chi connectivity index (χ1n) is 4.41. The molecule has 0 unspecified atom stereocenters. The standard InChI is InChI=1S/C9H7BrF3NO4/c1-17-6-4(8(15)16)3-14-5(2-10)7(6)18-9(11,12)13/h3H,2H2,1H3,(H,15,16). The van der Waals surface area contributed by atoms with Gasteiger partial charge in [-0.05, 0) is 0 Å². The Hall–Kier alpha value is -1.51. The van der Waals surface area contributed by atoms with E-state index in [1.54, 1.807) is 0 Å². The number of carboxylic acid groups (broad SMARTS) is 1. The molecule has 0 aliphatic rings. The highest BCUT2D eigenvalue weighted by atomic mass is 79.9. The molecule has 0 spiro atoms. The molecule has 0 radical (unpaired) electrons. The fraction of sp³-hybridized carbons (Fsp3) is 0.333. The lowest BCUT2D eigenvalue weighted by Crippen LogP contribution is -2.20. The van der Waals surface area contributed by atoms with E-state index in [-0.39, 0.29) is 11.0 Å². The van der Waals surface area contributed by atoms with Crippen molar-refractivity contribution in [2.24, 2.45) is 0 Å². The van der Waals surface area contributed by atoms with E-state index in [1.165, 1.54) is 0 Å². The van der Waals surface area contributed by atoms with Gasteiger partial charge in [-0.15, -0.1) is 13.2 Å². The van der Waals surface area contributed by atoms with Crippen LogP contribution in [-0.2, 0) is 5.33 Å². The summed E-state index contributed by atoms with van der Waals surface area (Å²) in [6.45, 7) is 0. The van der Waals surface area contributed by atoms with E-state index < -0.39 is 29.4 Å². The molecule has 0 aliphatic heterocycles. The third-order valence-electron chi connectivity index (χ3n) is 1.84. The highest BCUT2D eigenvalue weighted by molar-refractivity contribution is 9.08. The zero-order chi connectivity index (χ0) is 13.9. The van der Waals surface area contributed by atoms with Crippen LogP contribution in [0.5, 0.6) is 11.5 Å². The van der Waals surface area contributed by atoms with E-state index in [1.807, 2.05) is 0 Å². The van der Waals surface area contributed by atoms with E-state index in [0.29, 0.717) is 0 Å². The molecule has 0 atom stereocenters. The van der Waals surface area contributed by atoms with Crippen LogP contribution in [0.4, 0.5) is 13.2 Å². The van der Waals surface area contributed by atoms with Crippen molar-refractivity contribution in [2.45, 2.75) is 11.7 Å². The van der Waals surface area contributed by atoms with Gasteiger partial charge >= 0.3 is 12.3 Å². The van der Waals surface area contributed by atoms with Gasteiger partial charge < -0.3 is 14.6 Å². The van der Waals surface area contributed by atoms with Crippen molar-refractivity contribution >= 4 is 21.9 Å². The second-order valence-corrected chi connectivity index (χ2v) is 3.53. The van der Waals surface area contributed by atoms with Gasteiger partial charge in [0.15, 0.2) is 11.5 Å². The molecule has 0 saturated heterocycles. The molecule has 1 rings (SSSR count). The maximum atomic E-state index is 12.2. The van der Waals surface area contributed by atoms with Crippen LogP contribution in [0.3, 0.4) is 0 Å². The fourth-order valence-electron chi connectivity index (χ4n) is 1.18. The van der Waals surface area contributed by atoms with E-state index in [0.717, 1.165) is 13.3 Å². The van der Waals surface area contributed by atoms with Crippen LogP contribution in [0, 0.1) is 0 Å². The van der Waals surface area contributed by atoms with Gasteiger partial charge in [0, 0.05) is 11.5 Å². The number of pyridine rings is 1. The number of halogens is 4. The number of hydrogen-bond donors (Lipinski definition) is 1. The lowest BCUT2D eigenvalue weighted by atomic mass is 10.2. The van der Waals surface area contributed by atoms with Crippen LogP contribution < -0.4 is 9.47 Å². The number of carboxylic acids is 1. The van der Waals surface area contributed by atoms with E-state index in [2.05, 4.69) is 30.4 Å². The third kappa shape index (κ3) is 3.25. The van der Waals surface area contributed by atoms with Crippen LogP contribution in [0.25, 0.3) is 0 Å². The van der Waals surface area contributed by atoms with Crippen molar-refractivity contribution in [2.75, 3.05) is 7.11 Å². The molecule has 1 heterocycles. The number of methoxy groups -OCH3 is 1. The lowest BCUT2D eigenvalue weighted by molar-refractivity contribution is -0.275. The van der Waals surface area contributed by atoms with Gasteiger partial charge in [-0.3, -0.25) is 4.98 Å². The van der Waals surface area contributed by atoms with E-state index in [4.69, 9.17) is 5.11 Å². The number of ether oxygens (including phenoxy) is 2.